The van der Waals surface area contributed by atoms with E-state index in [0.29, 0.717) is 0 Å². The zero-order valence-electron chi connectivity index (χ0n) is 12.8. The Morgan fingerprint density at radius 1 is 1.23 bits per heavy atom. The van der Waals surface area contributed by atoms with Crippen LogP contribution >= 0.6 is 0 Å². The fourth-order valence-electron chi connectivity index (χ4n) is 1.31. The van der Waals surface area contributed by atoms with E-state index in [1.54, 1.807) is 13.8 Å². The van der Waals surface area contributed by atoms with Crippen LogP contribution in [0.4, 0.5) is 3.89 Å². The van der Waals surface area contributed by atoms with Gasteiger partial charge in [-0.2, -0.15) is 8.42 Å². The summed E-state index contributed by atoms with van der Waals surface area (Å²) in [6, 6.07) is 0. The number of carbonyl (C=O) groups is 1. The molecule has 8 nitrogen and oxygen atoms in total. The first-order valence-electron chi connectivity index (χ1n) is 6.18. The largest absolute Gasteiger partial charge is 0.385 e. The molecule has 0 spiro atoms. The van der Waals surface area contributed by atoms with Gasteiger partial charge >= 0.3 is 10.4 Å². The third-order valence-electron chi connectivity index (χ3n) is 2.71. The van der Waals surface area contributed by atoms with Crippen molar-refractivity contribution in [2.45, 2.75) is 44.6 Å². The Labute approximate surface area is 130 Å². The number of sulfonamides is 1. The lowest BCUT2D eigenvalue weighted by Crippen LogP contribution is -2.47. The summed E-state index contributed by atoms with van der Waals surface area (Å²) in [5.74, 6) is -0.470. The SMILES string of the molecule is C=CC(=O)NC(C)(C)OCCC(C)(C)S(=O)(=O)NS(=O)(=O)F. The summed E-state index contributed by atoms with van der Waals surface area (Å²) in [7, 11) is -9.84. The molecule has 0 aliphatic heterocycles. The lowest BCUT2D eigenvalue weighted by atomic mass is 10.1. The van der Waals surface area contributed by atoms with Gasteiger partial charge in [0.05, 0.1) is 11.4 Å². The smallest absolute Gasteiger partial charge is 0.356 e. The van der Waals surface area contributed by atoms with Crippen LogP contribution in [0.1, 0.15) is 34.1 Å². The highest BCUT2D eigenvalue weighted by molar-refractivity contribution is 8.03. The summed E-state index contributed by atoms with van der Waals surface area (Å²) in [6.45, 7) is 8.69. The van der Waals surface area contributed by atoms with Gasteiger partial charge in [-0.25, -0.2) is 8.42 Å². The number of hydrogen-bond acceptors (Lipinski definition) is 6. The number of amides is 1. The van der Waals surface area contributed by atoms with Gasteiger partial charge in [0.25, 0.3) is 0 Å². The quantitative estimate of drug-likeness (QED) is 0.348. The van der Waals surface area contributed by atoms with Gasteiger partial charge in [-0.15, -0.1) is 0 Å². The van der Waals surface area contributed by atoms with Crippen molar-refractivity contribution >= 4 is 26.3 Å². The Morgan fingerprint density at radius 2 is 1.73 bits per heavy atom. The lowest BCUT2D eigenvalue weighted by Gasteiger charge is -2.29. The van der Waals surface area contributed by atoms with Crippen molar-refractivity contribution in [3.05, 3.63) is 12.7 Å². The molecular formula is C11H21FN2O6S2. The first-order valence-corrected chi connectivity index (χ1v) is 9.05. The Hall–Kier alpha value is -1.04. The Balaban J connectivity index is 4.75. The second kappa shape index (κ2) is 7.02. The number of halogens is 1. The highest BCUT2D eigenvalue weighted by atomic mass is 32.3. The fraction of sp³-hybridized carbons (Fsp3) is 0.727. The van der Waals surface area contributed by atoms with Gasteiger partial charge in [-0.3, -0.25) is 4.79 Å². The van der Waals surface area contributed by atoms with Gasteiger partial charge in [0, 0.05) is 0 Å². The first-order chi connectivity index (χ1) is 9.62. The highest BCUT2D eigenvalue weighted by Gasteiger charge is 2.38. The minimum atomic E-state index is -5.38. The topological polar surface area (TPSA) is 119 Å². The normalized spacial score (nSPS) is 13.7. The van der Waals surface area contributed by atoms with Crippen molar-refractivity contribution in [3.8, 4) is 0 Å². The number of nitrogens with one attached hydrogen (secondary N) is 2. The third-order valence-corrected chi connectivity index (χ3v) is 6.05. The fourth-order valence-corrected chi connectivity index (χ4v) is 3.62. The molecule has 0 aromatic heterocycles. The molecule has 0 fully saturated rings. The molecule has 0 aromatic rings. The Bertz CT molecular complexity index is 625. The van der Waals surface area contributed by atoms with E-state index in [-0.39, 0.29) is 13.0 Å². The average molecular weight is 360 g/mol. The van der Waals surface area contributed by atoms with Gasteiger partial charge in [-0.05, 0) is 40.2 Å². The Morgan fingerprint density at radius 3 is 2.14 bits per heavy atom. The van der Waals surface area contributed by atoms with Crippen molar-refractivity contribution < 1.29 is 30.3 Å². The monoisotopic (exact) mass is 360 g/mol. The molecule has 130 valence electrons. The summed E-state index contributed by atoms with van der Waals surface area (Å²) in [6.07, 6.45) is 0.917. The molecule has 0 atom stereocenters. The van der Waals surface area contributed by atoms with E-state index in [2.05, 4.69) is 11.9 Å². The van der Waals surface area contributed by atoms with Crippen LogP contribution in [-0.2, 0) is 30.0 Å². The molecule has 0 bridgehead atoms. The van der Waals surface area contributed by atoms with Gasteiger partial charge in [-0.1, -0.05) is 14.6 Å². The molecule has 0 radical (unpaired) electrons. The zero-order chi connectivity index (χ0) is 17.8. The van der Waals surface area contributed by atoms with E-state index in [1.807, 2.05) is 0 Å². The molecule has 0 saturated carbocycles. The number of ether oxygens (including phenoxy) is 1. The molecular weight excluding hydrogens is 339 g/mol. The van der Waals surface area contributed by atoms with E-state index in [4.69, 9.17) is 4.74 Å². The van der Waals surface area contributed by atoms with Crippen LogP contribution in [0.25, 0.3) is 0 Å². The molecule has 0 saturated heterocycles. The van der Waals surface area contributed by atoms with Gasteiger partial charge in [0.1, 0.15) is 5.72 Å². The maximum Gasteiger partial charge on any atom is 0.385 e. The first kappa shape index (κ1) is 21.0. The standard InChI is InChI=1S/C11H21FN2O6S2/c1-6-9(15)13-11(4,5)20-8-7-10(2,3)21(16,17)14-22(12,18)19/h6,14H,1,7-8H2,2-5H3,(H,13,15). The molecule has 0 rings (SSSR count). The van der Waals surface area contributed by atoms with E-state index < -0.39 is 36.8 Å². The summed E-state index contributed by atoms with van der Waals surface area (Å²) in [5, 5.41) is 2.47. The third kappa shape index (κ3) is 7.29. The molecule has 0 aliphatic rings. The molecule has 0 heterocycles. The molecule has 22 heavy (non-hydrogen) atoms. The molecule has 2 N–H and O–H groups in total. The van der Waals surface area contributed by atoms with E-state index in [0.717, 1.165) is 10.2 Å². The summed E-state index contributed by atoms with van der Waals surface area (Å²) in [5.41, 5.74) is -1.08. The molecule has 0 aromatic carbocycles. The van der Waals surface area contributed by atoms with Crippen LogP contribution in [0.3, 0.4) is 0 Å². The van der Waals surface area contributed by atoms with E-state index in [9.17, 15) is 25.5 Å². The van der Waals surface area contributed by atoms with E-state index >= 15 is 0 Å². The summed E-state index contributed by atoms with van der Waals surface area (Å²) >= 11 is 0. The van der Waals surface area contributed by atoms with Crippen LogP contribution in [0.2, 0.25) is 0 Å². The second-order valence-electron chi connectivity index (χ2n) is 5.59. The summed E-state index contributed by atoms with van der Waals surface area (Å²) < 4.78 is 61.6. The van der Waals surface area contributed by atoms with Crippen LogP contribution in [0, 0.1) is 0 Å². The van der Waals surface area contributed by atoms with Crippen LogP contribution in [-0.4, -0.2) is 39.8 Å². The Kier molecular flexibility index (Phi) is 6.69. The highest BCUT2D eigenvalue weighted by Crippen LogP contribution is 2.21. The maximum absolute atomic E-state index is 12.5. The van der Waals surface area contributed by atoms with Crippen molar-refractivity contribution in [2.24, 2.45) is 0 Å². The maximum atomic E-state index is 12.5. The van der Waals surface area contributed by atoms with Crippen molar-refractivity contribution in [1.82, 2.24) is 9.44 Å². The van der Waals surface area contributed by atoms with E-state index in [1.165, 1.54) is 13.8 Å². The van der Waals surface area contributed by atoms with Crippen LogP contribution in [0.5, 0.6) is 0 Å². The lowest BCUT2D eigenvalue weighted by molar-refractivity contribution is -0.126. The van der Waals surface area contributed by atoms with Gasteiger partial charge in [0.15, 0.2) is 0 Å². The predicted molar refractivity (Wildman–Crippen MR) is 79.2 cm³/mol. The molecule has 1 amide bonds. The number of hydrogen-bond donors (Lipinski definition) is 2. The minimum Gasteiger partial charge on any atom is -0.356 e. The molecule has 0 unspecified atom stereocenters. The van der Waals surface area contributed by atoms with Crippen LogP contribution in [0.15, 0.2) is 12.7 Å². The molecule has 11 heteroatoms. The molecule has 0 aliphatic carbocycles. The van der Waals surface area contributed by atoms with Crippen molar-refractivity contribution in [3.63, 3.8) is 0 Å². The van der Waals surface area contributed by atoms with Crippen molar-refractivity contribution in [1.29, 1.82) is 0 Å². The van der Waals surface area contributed by atoms with Gasteiger partial charge < -0.3 is 10.1 Å². The minimum absolute atomic E-state index is 0.120. The van der Waals surface area contributed by atoms with Crippen molar-refractivity contribution in [2.75, 3.05) is 6.61 Å². The predicted octanol–water partition coefficient (Wildman–Crippen LogP) is 0.344. The average Bonchev–Trinajstić information content (AvgIpc) is 2.23. The second-order valence-corrected chi connectivity index (χ2v) is 9.24. The van der Waals surface area contributed by atoms with Crippen LogP contribution < -0.4 is 9.44 Å². The summed E-state index contributed by atoms with van der Waals surface area (Å²) in [4.78, 5) is 11.2. The number of rotatable bonds is 9. The van der Waals surface area contributed by atoms with Gasteiger partial charge in [0.2, 0.25) is 15.9 Å². The number of carbonyl (C=O) groups excluding carboxylic acids is 1. The zero-order valence-corrected chi connectivity index (χ0v) is 14.5.